The molecular formula is C63H85N9O8. The van der Waals surface area contributed by atoms with Crippen molar-refractivity contribution in [1.82, 2.24) is 46.6 Å². The number of carbonyl (C=O) groups excluding carboxylic acids is 7. The van der Waals surface area contributed by atoms with Crippen molar-refractivity contribution in [2.75, 3.05) is 27.2 Å². The first-order valence-corrected chi connectivity index (χ1v) is 28.4. The summed E-state index contributed by atoms with van der Waals surface area (Å²) in [6.07, 6.45) is 2.95. The molecule has 4 aromatic rings. The topological polar surface area (TPSA) is 211 Å². The van der Waals surface area contributed by atoms with Gasteiger partial charge in [-0.15, -0.1) is 0 Å². The third kappa shape index (κ3) is 14.1. The maximum Gasteiger partial charge on any atom is 0.251 e. The van der Waals surface area contributed by atoms with E-state index < -0.39 is 71.0 Å². The summed E-state index contributed by atoms with van der Waals surface area (Å²) < 4.78 is 6.11. The van der Waals surface area contributed by atoms with E-state index in [0.29, 0.717) is 23.5 Å². The second kappa shape index (κ2) is 26.0. The second-order valence-electron chi connectivity index (χ2n) is 24.0. The summed E-state index contributed by atoms with van der Waals surface area (Å²) in [5.74, 6) is -1.88. The van der Waals surface area contributed by atoms with Gasteiger partial charge in [0.25, 0.3) is 5.91 Å². The predicted octanol–water partition coefficient (Wildman–Crippen LogP) is 6.30. The first-order valence-electron chi connectivity index (χ1n) is 28.4. The molecule has 2 aliphatic heterocycles. The van der Waals surface area contributed by atoms with E-state index in [0.717, 1.165) is 41.5 Å². The summed E-state index contributed by atoms with van der Waals surface area (Å²) in [7, 11) is 3.35. The van der Waals surface area contributed by atoms with Gasteiger partial charge in [0.15, 0.2) is 0 Å². The van der Waals surface area contributed by atoms with Crippen LogP contribution in [0, 0.1) is 10.8 Å². The van der Waals surface area contributed by atoms with Gasteiger partial charge in [0.05, 0.1) is 30.8 Å². The van der Waals surface area contributed by atoms with E-state index in [-0.39, 0.29) is 68.1 Å². The van der Waals surface area contributed by atoms with Crippen LogP contribution in [-0.2, 0) is 54.7 Å². The van der Waals surface area contributed by atoms with E-state index in [1.807, 2.05) is 122 Å². The van der Waals surface area contributed by atoms with Crippen molar-refractivity contribution < 1.29 is 38.3 Å². The van der Waals surface area contributed by atoms with Gasteiger partial charge in [-0.25, -0.2) is 0 Å². The molecule has 17 heteroatoms. The van der Waals surface area contributed by atoms with Gasteiger partial charge in [0.2, 0.25) is 35.4 Å². The minimum atomic E-state index is -0.974. The van der Waals surface area contributed by atoms with E-state index in [1.54, 1.807) is 62.0 Å². The fourth-order valence-electron chi connectivity index (χ4n) is 11.1. The Balaban J connectivity index is 1.16. The first-order chi connectivity index (χ1) is 37.9. The van der Waals surface area contributed by atoms with Gasteiger partial charge in [-0.3, -0.25) is 33.6 Å². The summed E-state index contributed by atoms with van der Waals surface area (Å²) in [5.41, 5.74) is 4.48. The molecular weight excluding hydrogens is 1010 g/mol. The number of carbonyl (C=O) groups is 7. The molecule has 3 unspecified atom stereocenters. The van der Waals surface area contributed by atoms with E-state index in [1.165, 1.54) is 10.5 Å². The molecule has 0 saturated carbocycles. The average molecular weight is 1100 g/mol. The summed E-state index contributed by atoms with van der Waals surface area (Å²) in [5, 5.41) is 18.2. The van der Waals surface area contributed by atoms with Crippen LogP contribution in [0.5, 0.6) is 5.75 Å². The Kier molecular flexibility index (Phi) is 19.7. The number of nitrogens with zero attached hydrogens (tertiary/aromatic N) is 3. The van der Waals surface area contributed by atoms with Crippen LogP contribution in [-0.4, -0.2) is 126 Å². The molecule has 0 aromatic heterocycles. The van der Waals surface area contributed by atoms with E-state index in [9.17, 15) is 24.0 Å². The van der Waals surface area contributed by atoms with E-state index >= 15 is 9.59 Å². The quantitative estimate of drug-likeness (QED) is 0.0618. The van der Waals surface area contributed by atoms with Gasteiger partial charge in [0, 0.05) is 43.2 Å². The Morgan fingerprint density at radius 1 is 0.675 bits per heavy atom. The highest BCUT2D eigenvalue weighted by molar-refractivity contribution is 5.97. The Morgan fingerprint density at radius 2 is 1.24 bits per heavy atom. The van der Waals surface area contributed by atoms with Gasteiger partial charge in [0.1, 0.15) is 29.9 Å². The monoisotopic (exact) mass is 1100 g/mol. The smallest absolute Gasteiger partial charge is 0.251 e. The van der Waals surface area contributed by atoms with Crippen molar-refractivity contribution >= 4 is 41.4 Å². The van der Waals surface area contributed by atoms with Crippen molar-refractivity contribution in [2.24, 2.45) is 10.8 Å². The Labute approximate surface area is 473 Å². The molecule has 7 rings (SSSR count). The number of hydrogen-bond donors (Lipinski definition) is 6. The summed E-state index contributed by atoms with van der Waals surface area (Å²) in [6, 6.07) is 24.1. The number of benzene rings is 4. The zero-order valence-corrected chi connectivity index (χ0v) is 48.9. The van der Waals surface area contributed by atoms with Crippen molar-refractivity contribution in [3.8, 4) is 5.75 Å². The molecule has 0 bridgehead atoms. The third-order valence-electron chi connectivity index (χ3n) is 16.2. The Morgan fingerprint density at radius 3 is 1.84 bits per heavy atom. The lowest BCUT2D eigenvalue weighted by atomic mass is 9.84. The molecule has 0 spiro atoms. The summed E-state index contributed by atoms with van der Waals surface area (Å²) in [4.78, 5) is 106. The number of fused-ring (bicyclic) bond motifs is 2. The highest BCUT2D eigenvalue weighted by Gasteiger charge is 2.47. The molecule has 1 saturated heterocycles. The van der Waals surface area contributed by atoms with Crippen molar-refractivity contribution in [1.29, 1.82) is 0 Å². The minimum absolute atomic E-state index is 0.0350. The SMILES string of the molecule is CCOc1ccccc1[C@@H](C)N(Cc1ccc(C(=O)N[C@H]2CC(C(=O)NC3CCCc4ccccc43)N(C(=O)[C@@H](NC(=O)[C@H](C)NC)C(C)(C)C)C2)cc1)C(=O)C1Cc2ccccc2CN1C(=O)[C@@H](NC(=O)[C@H](C)NC)C(C)(C)C. The molecule has 4 aromatic carbocycles. The Bertz CT molecular complexity index is 2880. The molecule has 430 valence electrons. The van der Waals surface area contributed by atoms with Crippen LogP contribution in [0.3, 0.4) is 0 Å². The molecule has 2 heterocycles. The molecule has 0 radical (unpaired) electrons. The molecule has 7 amide bonds. The second-order valence-corrected chi connectivity index (χ2v) is 24.0. The van der Waals surface area contributed by atoms with Crippen molar-refractivity contribution in [2.45, 2.75) is 169 Å². The van der Waals surface area contributed by atoms with Gasteiger partial charge in [-0.05, 0) is 124 Å². The largest absolute Gasteiger partial charge is 0.494 e. The van der Waals surface area contributed by atoms with Gasteiger partial charge in [-0.1, -0.05) is 120 Å². The number of amides is 7. The summed E-state index contributed by atoms with van der Waals surface area (Å²) in [6.45, 7) is 19.3. The van der Waals surface area contributed by atoms with Crippen molar-refractivity contribution in [3.05, 3.63) is 136 Å². The highest BCUT2D eigenvalue weighted by Crippen LogP contribution is 2.36. The van der Waals surface area contributed by atoms with Crippen LogP contribution < -0.4 is 36.6 Å². The van der Waals surface area contributed by atoms with E-state index in [4.69, 9.17) is 4.74 Å². The van der Waals surface area contributed by atoms with Crippen LogP contribution in [0.1, 0.15) is 144 Å². The molecule has 3 aliphatic rings. The molecule has 9 atom stereocenters. The maximum atomic E-state index is 15.7. The number of likely N-dealkylation sites (tertiary alicyclic amines) is 1. The predicted molar refractivity (Wildman–Crippen MR) is 309 cm³/mol. The molecule has 80 heavy (non-hydrogen) atoms. The molecule has 1 fully saturated rings. The zero-order valence-electron chi connectivity index (χ0n) is 48.9. The number of hydrogen-bond acceptors (Lipinski definition) is 10. The van der Waals surface area contributed by atoms with Crippen LogP contribution in [0.4, 0.5) is 0 Å². The summed E-state index contributed by atoms with van der Waals surface area (Å²) >= 11 is 0. The van der Waals surface area contributed by atoms with Crippen LogP contribution >= 0.6 is 0 Å². The van der Waals surface area contributed by atoms with Crippen LogP contribution in [0.25, 0.3) is 0 Å². The highest BCUT2D eigenvalue weighted by atomic mass is 16.5. The lowest BCUT2D eigenvalue weighted by Gasteiger charge is -2.43. The number of likely N-dealkylation sites (N-methyl/N-ethyl adjacent to an activating group) is 2. The van der Waals surface area contributed by atoms with Gasteiger partial charge < -0.3 is 51.3 Å². The number of aryl methyl sites for hydroxylation is 1. The minimum Gasteiger partial charge on any atom is -0.494 e. The van der Waals surface area contributed by atoms with Crippen molar-refractivity contribution in [3.63, 3.8) is 0 Å². The fourth-order valence-corrected chi connectivity index (χ4v) is 11.1. The normalized spacial score (nSPS) is 19.9. The zero-order chi connectivity index (χ0) is 58.2. The average Bonchev–Trinajstić information content (AvgIpc) is 3.99. The number of rotatable bonds is 19. The van der Waals surface area contributed by atoms with Crippen LogP contribution in [0.2, 0.25) is 0 Å². The van der Waals surface area contributed by atoms with E-state index in [2.05, 4.69) is 38.0 Å². The number of ether oxygens (including phenoxy) is 1. The molecule has 1 aliphatic carbocycles. The standard InChI is InChI=1S/C63H85N9O8/c1-13-80-52-28-19-18-25-47(52)40(4)70(59(77)51-33-44-22-14-15-23-45(44)36-71(51)60(78)53(62(5,6)7)68-55(73)38(2)64-11)35-41-29-31-43(32-30-41)57(75)66-46-34-50(58(76)67-49-27-20-24-42-21-16-17-26-48(42)49)72(37-46)61(79)54(63(8,9)10)69-56(74)39(3)65-12/h14-19,21-23,25-26,28-32,38-40,46,49-51,53-54,64-65H,13,20,24,27,33-37H2,1-12H3,(H,66,75)(H,67,76)(H,68,73)(H,69,74)/t38-,39-,40+,46-,49?,50?,51?,53+,54+/m0/s1. The molecule has 6 N–H and O–H groups in total. The number of nitrogens with one attached hydrogen (secondary N) is 6. The lowest BCUT2D eigenvalue weighted by Crippen LogP contribution is -2.62. The lowest BCUT2D eigenvalue weighted by molar-refractivity contribution is -0.152. The van der Waals surface area contributed by atoms with Crippen LogP contribution in [0.15, 0.2) is 97.1 Å². The van der Waals surface area contributed by atoms with Gasteiger partial charge >= 0.3 is 0 Å². The van der Waals surface area contributed by atoms with Gasteiger partial charge in [-0.2, -0.15) is 0 Å². The maximum absolute atomic E-state index is 15.7. The first kappa shape index (κ1) is 60.5. The fraction of sp³-hybridized carbons (Fsp3) is 0.508. The number of para-hydroxylation sites is 1. The third-order valence-corrected chi connectivity index (χ3v) is 16.2. The Hall–Kier alpha value is -7.11. The molecule has 17 nitrogen and oxygen atoms in total.